The molecule has 0 aliphatic carbocycles. The van der Waals surface area contributed by atoms with Crippen LogP contribution in [-0.2, 0) is 11.2 Å². The maximum atomic E-state index is 12.9. The van der Waals surface area contributed by atoms with Crippen molar-refractivity contribution in [2.24, 2.45) is 11.8 Å². The van der Waals surface area contributed by atoms with Gasteiger partial charge in [-0.1, -0.05) is 19.9 Å². The van der Waals surface area contributed by atoms with E-state index >= 15 is 0 Å². The number of carboxylic acid groups (broad SMARTS) is 1. The number of carboxylic acids is 1. The van der Waals surface area contributed by atoms with Crippen LogP contribution >= 0.6 is 0 Å². The molecule has 1 aliphatic rings. The lowest BCUT2D eigenvalue weighted by Gasteiger charge is -2.34. The molecule has 0 radical (unpaired) electrons. The van der Waals surface area contributed by atoms with Crippen LogP contribution in [0.15, 0.2) is 28.9 Å². The Labute approximate surface area is 134 Å². The summed E-state index contributed by atoms with van der Waals surface area (Å²) in [6.07, 6.45) is 2.99. The molecule has 2 unspecified atom stereocenters. The van der Waals surface area contributed by atoms with E-state index in [1.54, 1.807) is 4.90 Å². The molecule has 23 heavy (non-hydrogen) atoms. The second kappa shape index (κ2) is 6.07. The zero-order chi connectivity index (χ0) is 16.6. The topological polar surface area (TPSA) is 70.8 Å². The normalized spacial score (nSPS) is 21.6. The average molecular weight is 315 g/mol. The maximum Gasteiger partial charge on any atom is 0.308 e. The first kappa shape index (κ1) is 15.6. The van der Waals surface area contributed by atoms with Crippen LogP contribution in [0.2, 0.25) is 0 Å². The summed E-state index contributed by atoms with van der Waals surface area (Å²) in [5, 5.41) is 10.1. The van der Waals surface area contributed by atoms with Crippen LogP contribution in [0.5, 0.6) is 0 Å². The zero-order valence-corrected chi connectivity index (χ0v) is 13.4. The number of piperidine rings is 1. The number of aryl methyl sites for hydroxylation is 1. The number of likely N-dealkylation sites (tertiary alicyclic amines) is 1. The molecular weight excluding hydrogens is 294 g/mol. The summed E-state index contributed by atoms with van der Waals surface area (Å²) < 4.78 is 5.50. The van der Waals surface area contributed by atoms with Crippen LogP contribution in [0.25, 0.3) is 11.0 Å². The Morgan fingerprint density at radius 2 is 2.13 bits per heavy atom. The van der Waals surface area contributed by atoms with Crippen molar-refractivity contribution in [3.63, 3.8) is 0 Å². The van der Waals surface area contributed by atoms with E-state index in [1.807, 2.05) is 25.1 Å². The highest BCUT2D eigenvalue weighted by Gasteiger charge is 2.33. The van der Waals surface area contributed by atoms with E-state index in [2.05, 4.69) is 6.92 Å². The summed E-state index contributed by atoms with van der Waals surface area (Å²) in [6, 6.07) is 5.85. The van der Waals surface area contributed by atoms with Crippen molar-refractivity contribution in [2.45, 2.75) is 26.7 Å². The number of hydrogen-bond acceptors (Lipinski definition) is 3. The minimum atomic E-state index is -0.834. The van der Waals surface area contributed by atoms with E-state index in [9.17, 15) is 14.7 Å². The van der Waals surface area contributed by atoms with Crippen LogP contribution < -0.4 is 0 Å². The fourth-order valence-electron chi connectivity index (χ4n) is 3.33. The first-order chi connectivity index (χ1) is 11.0. The Bertz CT molecular complexity index is 749. The van der Waals surface area contributed by atoms with Gasteiger partial charge in [0.25, 0.3) is 5.91 Å². The van der Waals surface area contributed by atoms with E-state index in [1.165, 1.54) is 6.26 Å². The van der Waals surface area contributed by atoms with Gasteiger partial charge in [0.1, 0.15) is 11.8 Å². The smallest absolute Gasteiger partial charge is 0.308 e. The third kappa shape index (κ3) is 2.96. The monoisotopic (exact) mass is 315 g/mol. The molecule has 1 aromatic heterocycles. The highest BCUT2D eigenvalue weighted by atomic mass is 16.4. The highest BCUT2D eigenvalue weighted by Crippen LogP contribution is 2.27. The molecule has 2 heterocycles. The summed E-state index contributed by atoms with van der Waals surface area (Å²) in [4.78, 5) is 25.8. The molecule has 1 aromatic carbocycles. The molecule has 122 valence electrons. The number of benzene rings is 1. The van der Waals surface area contributed by atoms with Crippen molar-refractivity contribution >= 4 is 22.8 Å². The number of aliphatic carboxylic acids is 1. The molecule has 1 aliphatic heterocycles. The van der Waals surface area contributed by atoms with Gasteiger partial charge in [0.05, 0.1) is 11.5 Å². The molecule has 1 N–H and O–H groups in total. The van der Waals surface area contributed by atoms with E-state index in [-0.39, 0.29) is 18.4 Å². The predicted molar refractivity (Wildman–Crippen MR) is 86.4 cm³/mol. The van der Waals surface area contributed by atoms with E-state index in [0.29, 0.717) is 24.1 Å². The SMILES string of the molecule is CCc1ccc2occ(C(=O)N3CC(C)CC(C(=O)O)C3)c2c1. The molecule has 0 bridgehead atoms. The number of nitrogens with zero attached hydrogens (tertiary/aromatic N) is 1. The Balaban J connectivity index is 1.92. The molecule has 0 spiro atoms. The molecule has 1 saturated heterocycles. The second-order valence-electron chi connectivity index (χ2n) is 6.42. The summed E-state index contributed by atoms with van der Waals surface area (Å²) in [7, 11) is 0. The Morgan fingerprint density at radius 3 is 2.83 bits per heavy atom. The molecule has 5 nitrogen and oxygen atoms in total. The fourth-order valence-corrected chi connectivity index (χ4v) is 3.33. The van der Waals surface area contributed by atoms with Gasteiger partial charge in [-0.3, -0.25) is 9.59 Å². The van der Waals surface area contributed by atoms with Gasteiger partial charge < -0.3 is 14.4 Å². The number of amides is 1. The number of carbonyl (C=O) groups excluding carboxylic acids is 1. The standard InChI is InChI=1S/C18H21NO4/c1-3-12-4-5-16-14(7-12)15(10-23-16)17(20)19-8-11(2)6-13(9-19)18(21)22/h4-5,7,10-11,13H,3,6,8-9H2,1-2H3,(H,21,22). The first-order valence-electron chi connectivity index (χ1n) is 8.01. The molecule has 5 heteroatoms. The van der Waals surface area contributed by atoms with Gasteiger partial charge in [-0.15, -0.1) is 0 Å². The van der Waals surface area contributed by atoms with Gasteiger partial charge in [-0.2, -0.15) is 0 Å². The summed E-state index contributed by atoms with van der Waals surface area (Å²) in [5.74, 6) is -1.29. The fraction of sp³-hybridized carbons (Fsp3) is 0.444. The zero-order valence-electron chi connectivity index (χ0n) is 13.4. The van der Waals surface area contributed by atoms with Crippen molar-refractivity contribution in [3.05, 3.63) is 35.6 Å². The van der Waals surface area contributed by atoms with Gasteiger partial charge >= 0.3 is 5.97 Å². The Hall–Kier alpha value is -2.30. The number of fused-ring (bicyclic) bond motifs is 1. The van der Waals surface area contributed by atoms with Gasteiger partial charge in [0.2, 0.25) is 0 Å². The molecule has 3 rings (SSSR count). The van der Waals surface area contributed by atoms with Gasteiger partial charge in [-0.05, 0) is 36.5 Å². The molecule has 2 aromatic rings. The predicted octanol–water partition coefficient (Wildman–Crippen LogP) is 3.18. The Morgan fingerprint density at radius 1 is 1.35 bits per heavy atom. The minimum Gasteiger partial charge on any atom is -0.481 e. The average Bonchev–Trinajstić information content (AvgIpc) is 2.96. The summed E-state index contributed by atoms with van der Waals surface area (Å²) in [5.41, 5.74) is 2.35. The minimum absolute atomic E-state index is 0.144. The lowest BCUT2D eigenvalue weighted by Crippen LogP contribution is -2.45. The van der Waals surface area contributed by atoms with Crippen LogP contribution in [0.3, 0.4) is 0 Å². The van der Waals surface area contributed by atoms with Crippen LogP contribution in [0.1, 0.15) is 36.2 Å². The summed E-state index contributed by atoms with van der Waals surface area (Å²) >= 11 is 0. The number of hydrogen-bond donors (Lipinski definition) is 1. The lowest BCUT2D eigenvalue weighted by molar-refractivity contribution is -0.143. The number of furan rings is 1. The Kier molecular flexibility index (Phi) is 4.11. The van der Waals surface area contributed by atoms with Gasteiger partial charge in [0, 0.05) is 18.5 Å². The van der Waals surface area contributed by atoms with Crippen LogP contribution in [0.4, 0.5) is 0 Å². The van der Waals surface area contributed by atoms with Crippen molar-refractivity contribution < 1.29 is 19.1 Å². The van der Waals surface area contributed by atoms with Crippen molar-refractivity contribution in [1.29, 1.82) is 0 Å². The van der Waals surface area contributed by atoms with Crippen molar-refractivity contribution in [1.82, 2.24) is 4.90 Å². The third-order valence-corrected chi connectivity index (χ3v) is 4.57. The second-order valence-corrected chi connectivity index (χ2v) is 6.42. The third-order valence-electron chi connectivity index (χ3n) is 4.57. The van der Waals surface area contributed by atoms with Crippen molar-refractivity contribution in [3.8, 4) is 0 Å². The van der Waals surface area contributed by atoms with E-state index < -0.39 is 11.9 Å². The van der Waals surface area contributed by atoms with Gasteiger partial charge in [0.15, 0.2) is 0 Å². The molecule has 1 amide bonds. The van der Waals surface area contributed by atoms with Crippen LogP contribution in [0, 0.1) is 11.8 Å². The first-order valence-corrected chi connectivity index (χ1v) is 8.01. The quantitative estimate of drug-likeness (QED) is 0.944. The van der Waals surface area contributed by atoms with Crippen LogP contribution in [-0.4, -0.2) is 35.0 Å². The lowest BCUT2D eigenvalue weighted by atomic mass is 9.90. The molecule has 1 fully saturated rings. The van der Waals surface area contributed by atoms with Gasteiger partial charge in [-0.25, -0.2) is 0 Å². The maximum absolute atomic E-state index is 12.9. The molecule has 0 saturated carbocycles. The van der Waals surface area contributed by atoms with E-state index in [4.69, 9.17) is 4.42 Å². The molecular formula is C18H21NO4. The largest absolute Gasteiger partial charge is 0.481 e. The molecule has 2 atom stereocenters. The van der Waals surface area contributed by atoms with E-state index in [0.717, 1.165) is 17.4 Å². The summed E-state index contributed by atoms with van der Waals surface area (Å²) in [6.45, 7) is 4.89. The highest BCUT2D eigenvalue weighted by molar-refractivity contribution is 6.06. The number of carbonyl (C=O) groups is 2. The number of rotatable bonds is 3. The van der Waals surface area contributed by atoms with Crippen molar-refractivity contribution in [2.75, 3.05) is 13.1 Å².